The van der Waals surface area contributed by atoms with Crippen molar-refractivity contribution in [2.75, 3.05) is 13.2 Å². The lowest BCUT2D eigenvalue weighted by molar-refractivity contribution is 0.0858. The third-order valence-electron chi connectivity index (χ3n) is 3.44. The molecule has 2 N–H and O–H groups in total. The van der Waals surface area contributed by atoms with Gasteiger partial charge in [0, 0.05) is 18.6 Å². The van der Waals surface area contributed by atoms with Crippen LogP contribution in [-0.4, -0.2) is 22.7 Å². The molecule has 1 aliphatic heterocycles. The van der Waals surface area contributed by atoms with Crippen molar-refractivity contribution in [1.29, 1.82) is 0 Å². The van der Waals surface area contributed by atoms with E-state index in [2.05, 4.69) is 9.55 Å². The average molecular weight is 207 g/mol. The molecule has 0 bridgehead atoms. The minimum atomic E-state index is 0.179. The van der Waals surface area contributed by atoms with E-state index in [4.69, 9.17) is 10.5 Å². The van der Waals surface area contributed by atoms with Crippen LogP contribution < -0.4 is 5.73 Å². The van der Waals surface area contributed by atoms with Gasteiger partial charge in [-0.3, -0.25) is 0 Å². The number of aromatic nitrogens is 2. The molecule has 82 valence electrons. The van der Waals surface area contributed by atoms with Crippen molar-refractivity contribution in [3.8, 4) is 0 Å². The fraction of sp³-hybridized carbons (Fsp3) is 0.727. The quantitative estimate of drug-likeness (QED) is 0.811. The van der Waals surface area contributed by atoms with E-state index in [9.17, 15) is 0 Å². The maximum Gasteiger partial charge on any atom is 0.103 e. The summed E-state index contributed by atoms with van der Waals surface area (Å²) >= 11 is 0. The van der Waals surface area contributed by atoms with Gasteiger partial charge in [0.05, 0.1) is 18.2 Å². The highest BCUT2D eigenvalue weighted by molar-refractivity contribution is 5.10. The Balaban J connectivity index is 1.87. The van der Waals surface area contributed by atoms with Gasteiger partial charge < -0.3 is 15.0 Å². The molecule has 1 aromatic heterocycles. The van der Waals surface area contributed by atoms with E-state index in [0.717, 1.165) is 13.0 Å². The van der Waals surface area contributed by atoms with Crippen LogP contribution in [0.5, 0.6) is 0 Å². The molecule has 4 heteroatoms. The van der Waals surface area contributed by atoms with Crippen LogP contribution >= 0.6 is 0 Å². The molecule has 0 amide bonds. The summed E-state index contributed by atoms with van der Waals surface area (Å²) in [5.41, 5.74) is 6.99. The van der Waals surface area contributed by atoms with Gasteiger partial charge >= 0.3 is 0 Å². The molecule has 0 spiro atoms. The van der Waals surface area contributed by atoms with Crippen molar-refractivity contribution in [2.45, 2.75) is 31.4 Å². The van der Waals surface area contributed by atoms with E-state index in [-0.39, 0.29) is 6.10 Å². The Bertz CT molecular complexity index is 345. The number of hydrogen-bond donors (Lipinski definition) is 1. The molecular weight excluding hydrogens is 190 g/mol. The van der Waals surface area contributed by atoms with Crippen LogP contribution in [0.25, 0.3) is 0 Å². The van der Waals surface area contributed by atoms with Gasteiger partial charge in [0.2, 0.25) is 0 Å². The van der Waals surface area contributed by atoms with Crippen LogP contribution in [0.4, 0.5) is 0 Å². The average Bonchev–Trinajstić information content (AvgIpc) is 2.83. The Labute approximate surface area is 89.4 Å². The van der Waals surface area contributed by atoms with Gasteiger partial charge in [0.25, 0.3) is 0 Å². The number of nitrogens with zero attached hydrogens (tertiary/aromatic N) is 2. The van der Waals surface area contributed by atoms with E-state index in [1.807, 2.05) is 12.5 Å². The Hall–Kier alpha value is -0.870. The number of imidazole rings is 1. The Morgan fingerprint density at radius 3 is 3.07 bits per heavy atom. The second-order valence-corrected chi connectivity index (χ2v) is 4.53. The van der Waals surface area contributed by atoms with Crippen molar-refractivity contribution in [1.82, 2.24) is 9.55 Å². The lowest BCUT2D eigenvalue weighted by Gasteiger charge is -2.18. The van der Waals surface area contributed by atoms with Crippen molar-refractivity contribution < 1.29 is 4.74 Å². The fourth-order valence-electron chi connectivity index (χ4n) is 2.40. The summed E-state index contributed by atoms with van der Waals surface area (Å²) in [6.07, 6.45) is 7.70. The molecule has 15 heavy (non-hydrogen) atoms. The van der Waals surface area contributed by atoms with Crippen LogP contribution in [0.3, 0.4) is 0 Å². The van der Waals surface area contributed by atoms with Gasteiger partial charge in [-0.25, -0.2) is 4.98 Å². The maximum atomic E-state index is 5.78. The zero-order valence-corrected chi connectivity index (χ0v) is 8.80. The fourth-order valence-corrected chi connectivity index (χ4v) is 2.40. The van der Waals surface area contributed by atoms with Gasteiger partial charge in [-0.2, -0.15) is 0 Å². The molecule has 2 atom stereocenters. The molecule has 1 aliphatic carbocycles. The molecule has 1 aromatic rings. The van der Waals surface area contributed by atoms with Gasteiger partial charge in [0.1, 0.15) is 6.10 Å². The highest BCUT2D eigenvalue weighted by Gasteiger charge is 2.34. The third kappa shape index (κ3) is 1.58. The lowest BCUT2D eigenvalue weighted by Crippen LogP contribution is -2.19. The summed E-state index contributed by atoms with van der Waals surface area (Å²) in [6.45, 7) is 1.54. The van der Waals surface area contributed by atoms with Gasteiger partial charge in [-0.1, -0.05) is 0 Å². The summed E-state index contributed by atoms with van der Waals surface area (Å²) in [4.78, 5) is 4.24. The van der Waals surface area contributed by atoms with Gasteiger partial charge in [-0.15, -0.1) is 0 Å². The number of ether oxygens (including phenoxy) is 1. The van der Waals surface area contributed by atoms with Crippen LogP contribution in [0.1, 0.15) is 37.1 Å². The first-order valence-electron chi connectivity index (χ1n) is 5.73. The summed E-state index contributed by atoms with van der Waals surface area (Å²) in [6, 6.07) is 0.671. The first-order chi connectivity index (χ1) is 7.40. The monoisotopic (exact) mass is 207 g/mol. The van der Waals surface area contributed by atoms with Crippen LogP contribution in [0.2, 0.25) is 0 Å². The SMILES string of the molecule is NCC1CCOC1c1cncn1C1CC1. The summed E-state index contributed by atoms with van der Waals surface area (Å²) in [5, 5.41) is 0. The second-order valence-electron chi connectivity index (χ2n) is 4.53. The van der Waals surface area contributed by atoms with Gasteiger partial charge in [-0.05, 0) is 25.8 Å². The van der Waals surface area contributed by atoms with Crippen molar-refractivity contribution >= 4 is 0 Å². The third-order valence-corrected chi connectivity index (χ3v) is 3.44. The molecule has 4 nitrogen and oxygen atoms in total. The lowest BCUT2D eigenvalue weighted by atomic mass is 9.99. The van der Waals surface area contributed by atoms with Crippen LogP contribution in [-0.2, 0) is 4.74 Å². The van der Waals surface area contributed by atoms with Gasteiger partial charge in [0.15, 0.2) is 0 Å². The standard InChI is InChI=1S/C11H17N3O/c12-5-8-3-4-15-11(8)10-6-13-7-14(10)9-1-2-9/h6-9,11H,1-5,12H2. The van der Waals surface area contributed by atoms with Crippen molar-refractivity contribution in [3.05, 3.63) is 18.2 Å². The minimum absolute atomic E-state index is 0.179. The molecule has 2 heterocycles. The molecule has 0 radical (unpaired) electrons. The van der Waals surface area contributed by atoms with E-state index < -0.39 is 0 Å². The van der Waals surface area contributed by atoms with E-state index in [1.54, 1.807) is 0 Å². The van der Waals surface area contributed by atoms with E-state index in [0.29, 0.717) is 18.5 Å². The molecule has 2 unspecified atom stereocenters. The molecule has 0 aromatic carbocycles. The summed E-state index contributed by atoms with van der Waals surface area (Å²) < 4.78 is 8.06. The largest absolute Gasteiger partial charge is 0.372 e. The molecule has 2 aliphatic rings. The van der Waals surface area contributed by atoms with Crippen molar-refractivity contribution in [3.63, 3.8) is 0 Å². The predicted octanol–water partition coefficient (Wildman–Crippen LogP) is 1.25. The maximum absolute atomic E-state index is 5.78. The Kier molecular flexibility index (Phi) is 2.25. The Morgan fingerprint density at radius 2 is 2.33 bits per heavy atom. The topological polar surface area (TPSA) is 53.1 Å². The van der Waals surface area contributed by atoms with E-state index >= 15 is 0 Å². The zero-order chi connectivity index (χ0) is 10.3. The number of hydrogen-bond acceptors (Lipinski definition) is 3. The number of nitrogens with two attached hydrogens (primary N) is 1. The predicted molar refractivity (Wildman–Crippen MR) is 56.4 cm³/mol. The minimum Gasteiger partial charge on any atom is -0.372 e. The van der Waals surface area contributed by atoms with Crippen LogP contribution in [0.15, 0.2) is 12.5 Å². The molecule has 1 saturated carbocycles. The normalized spacial score (nSPS) is 31.0. The Morgan fingerprint density at radius 1 is 1.47 bits per heavy atom. The first kappa shape index (κ1) is 9.36. The molecule has 3 rings (SSSR count). The second kappa shape index (κ2) is 3.61. The summed E-state index contributed by atoms with van der Waals surface area (Å²) in [5.74, 6) is 0.471. The highest BCUT2D eigenvalue weighted by Crippen LogP contribution is 2.40. The molecule has 1 saturated heterocycles. The summed E-state index contributed by atoms with van der Waals surface area (Å²) in [7, 11) is 0. The highest BCUT2D eigenvalue weighted by atomic mass is 16.5. The zero-order valence-electron chi connectivity index (χ0n) is 8.80. The number of rotatable bonds is 3. The molecule has 2 fully saturated rings. The molecular formula is C11H17N3O. The van der Waals surface area contributed by atoms with Crippen molar-refractivity contribution in [2.24, 2.45) is 11.7 Å². The van der Waals surface area contributed by atoms with Crippen LogP contribution in [0, 0.1) is 5.92 Å². The van der Waals surface area contributed by atoms with E-state index in [1.165, 1.54) is 18.5 Å². The smallest absolute Gasteiger partial charge is 0.103 e. The first-order valence-corrected chi connectivity index (χ1v) is 5.73.